The van der Waals surface area contributed by atoms with Crippen molar-refractivity contribution >= 4 is 5.91 Å². The molecule has 0 spiro atoms. The van der Waals surface area contributed by atoms with Crippen LogP contribution in [0.3, 0.4) is 0 Å². The number of hydrogen-bond acceptors (Lipinski definition) is 3. The van der Waals surface area contributed by atoms with E-state index in [0.29, 0.717) is 6.42 Å². The van der Waals surface area contributed by atoms with Crippen molar-refractivity contribution in [3.8, 4) is 0 Å². The molecule has 0 heterocycles. The number of amides is 1. The summed E-state index contributed by atoms with van der Waals surface area (Å²) in [6.45, 7) is 4.20. The van der Waals surface area contributed by atoms with Crippen LogP contribution < -0.4 is 5.32 Å². The summed E-state index contributed by atoms with van der Waals surface area (Å²) in [6, 6.07) is -0.652. The highest BCUT2D eigenvalue weighted by Crippen LogP contribution is 2.16. The fourth-order valence-electron chi connectivity index (χ4n) is 8.43. The number of unbranched alkanes of at least 4 members (excludes halogenated alkanes) is 31. The summed E-state index contributed by atoms with van der Waals surface area (Å²) in [5, 5.41) is 23.2. The van der Waals surface area contributed by atoms with E-state index >= 15 is 0 Å². The average Bonchev–Trinajstić information content (AvgIpc) is 3.33. The Morgan fingerprint density at radius 2 is 0.672 bits per heavy atom. The van der Waals surface area contributed by atoms with Crippen LogP contribution in [0.25, 0.3) is 0 Å². The van der Waals surface area contributed by atoms with Crippen molar-refractivity contribution in [3.05, 3.63) is 97.2 Å². The number of aliphatic hydroxyl groups is 2. The Morgan fingerprint density at radius 1 is 0.373 bits per heavy atom. The Balaban J connectivity index is 3.59. The normalized spacial score (nSPS) is 13.6. The molecule has 2 unspecified atom stereocenters. The molecule has 4 heteroatoms. The van der Waals surface area contributed by atoms with Crippen LogP contribution in [-0.2, 0) is 4.79 Å². The second kappa shape index (κ2) is 57.6. The molecule has 0 aromatic rings. The van der Waals surface area contributed by atoms with Gasteiger partial charge < -0.3 is 15.5 Å². The molecule has 0 saturated carbocycles. The lowest BCUT2D eigenvalue weighted by molar-refractivity contribution is -0.123. The highest BCUT2D eigenvalue weighted by molar-refractivity contribution is 5.76. The molecule has 1 amide bonds. The number of rotatable bonds is 52. The number of allylic oxidation sites excluding steroid dienone is 15. The summed E-state index contributed by atoms with van der Waals surface area (Å²) in [6.07, 6.45) is 85.7. The van der Waals surface area contributed by atoms with Gasteiger partial charge in [0.1, 0.15) is 0 Å². The van der Waals surface area contributed by atoms with E-state index in [1.165, 1.54) is 173 Å². The average molecular weight is 931 g/mol. The van der Waals surface area contributed by atoms with Crippen LogP contribution in [0.5, 0.6) is 0 Å². The molecule has 0 aromatic heterocycles. The van der Waals surface area contributed by atoms with Crippen molar-refractivity contribution in [1.29, 1.82) is 0 Å². The topological polar surface area (TPSA) is 69.6 Å². The predicted molar refractivity (Wildman–Crippen MR) is 299 cm³/mol. The van der Waals surface area contributed by atoms with Gasteiger partial charge in [0.15, 0.2) is 0 Å². The quantitative estimate of drug-likeness (QED) is 0.0420. The van der Waals surface area contributed by atoms with E-state index in [0.717, 1.165) is 83.5 Å². The van der Waals surface area contributed by atoms with E-state index in [1.54, 1.807) is 6.08 Å². The molecular formula is C63H111NO3. The fraction of sp³-hybridized carbons (Fsp3) is 0.730. The van der Waals surface area contributed by atoms with E-state index in [9.17, 15) is 15.0 Å². The Hall–Kier alpha value is -2.69. The maximum absolute atomic E-state index is 12.5. The number of aliphatic hydroxyl groups excluding tert-OH is 2. The highest BCUT2D eigenvalue weighted by atomic mass is 16.3. The van der Waals surface area contributed by atoms with Crippen LogP contribution in [0, 0.1) is 0 Å². The Labute approximate surface area is 417 Å². The van der Waals surface area contributed by atoms with Gasteiger partial charge in [-0.3, -0.25) is 4.79 Å². The van der Waals surface area contributed by atoms with E-state index in [-0.39, 0.29) is 12.5 Å². The minimum atomic E-state index is -0.874. The minimum Gasteiger partial charge on any atom is -0.394 e. The first-order valence-electron chi connectivity index (χ1n) is 29.0. The molecule has 67 heavy (non-hydrogen) atoms. The van der Waals surface area contributed by atoms with Gasteiger partial charge in [-0.25, -0.2) is 0 Å². The molecule has 0 bridgehead atoms. The summed E-state index contributed by atoms with van der Waals surface area (Å²) in [4.78, 5) is 12.5. The molecule has 0 aromatic carbocycles. The lowest BCUT2D eigenvalue weighted by Crippen LogP contribution is -2.45. The van der Waals surface area contributed by atoms with Gasteiger partial charge in [0, 0.05) is 6.42 Å². The zero-order valence-electron chi connectivity index (χ0n) is 44.4. The zero-order chi connectivity index (χ0) is 48.5. The molecule has 386 valence electrons. The second-order valence-electron chi connectivity index (χ2n) is 19.3. The van der Waals surface area contributed by atoms with Gasteiger partial charge in [-0.05, 0) is 83.5 Å². The van der Waals surface area contributed by atoms with Crippen molar-refractivity contribution in [2.45, 2.75) is 289 Å². The minimum absolute atomic E-state index is 0.0840. The molecule has 3 N–H and O–H groups in total. The van der Waals surface area contributed by atoms with Crippen LogP contribution >= 0.6 is 0 Å². The van der Waals surface area contributed by atoms with E-state index in [1.807, 2.05) is 6.08 Å². The van der Waals surface area contributed by atoms with Crippen LogP contribution in [0.4, 0.5) is 0 Å². The van der Waals surface area contributed by atoms with Crippen molar-refractivity contribution in [3.63, 3.8) is 0 Å². The van der Waals surface area contributed by atoms with Crippen LogP contribution in [0.2, 0.25) is 0 Å². The molecule has 0 radical (unpaired) electrons. The summed E-state index contributed by atoms with van der Waals surface area (Å²) < 4.78 is 0. The molecule has 4 nitrogen and oxygen atoms in total. The van der Waals surface area contributed by atoms with Crippen molar-refractivity contribution in [1.82, 2.24) is 5.32 Å². The molecule has 2 atom stereocenters. The van der Waals surface area contributed by atoms with E-state index in [2.05, 4.69) is 104 Å². The Kier molecular flexibility index (Phi) is 55.3. The first-order valence-corrected chi connectivity index (χ1v) is 29.0. The molecule has 0 aliphatic heterocycles. The first-order chi connectivity index (χ1) is 33.2. The van der Waals surface area contributed by atoms with E-state index < -0.39 is 12.1 Å². The lowest BCUT2D eigenvalue weighted by Gasteiger charge is -2.19. The van der Waals surface area contributed by atoms with Gasteiger partial charge >= 0.3 is 0 Å². The Morgan fingerprint density at radius 3 is 1.04 bits per heavy atom. The fourth-order valence-corrected chi connectivity index (χ4v) is 8.43. The van der Waals surface area contributed by atoms with Crippen molar-refractivity contribution in [2.75, 3.05) is 6.61 Å². The van der Waals surface area contributed by atoms with Crippen molar-refractivity contribution in [2.24, 2.45) is 0 Å². The van der Waals surface area contributed by atoms with Gasteiger partial charge in [0.05, 0.1) is 18.8 Å². The number of hydrogen-bond donors (Lipinski definition) is 3. The molecule has 0 fully saturated rings. The summed E-state index contributed by atoms with van der Waals surface area (Å²) >= 11 is 0. The highest BCUT2D eigenvalue weighted by Gasteiger charge is 2.18. The third-order valence-electron chi connectivity index (χ3n) is 12.8. The summed E-state index contributed by atoms with van der Waals surface area (Å²) in [5.74, 6) is -0.0840. The van der Waals surface area contributed by atoms with Crippen LogP contribution in [0.15, 0.2) is 97.2 Å². The van der Waals surface area contributed by atoms with Gasteiger partial charge in [-0.15, -0.1) is 0 Å². The maximum atomic E-state index is 12.5. The summed E-state index contributed by atoms with van der Waals surface area (Å²) in [5.41, 5.74) is 0. The number of carbonyl (C=O) groups excluding carboxylic acids is 1. The van der Waals surface area contributed by atoms with Gasteiger partial charge in [-0.2, -0.15) is 0 Å². The smallest absolute Gasteiger partial charge is 0.220 e. The zero-order valence-corrected chi connectivity index (χ0v) is 44.4. The Bertz CT molecular complexity index is 1240. The summed E-state index contributed by atoms with van der Waals surface area (Å²) in [7, 11) is 0. The molecular weight excluding hydrogens is 819 g/mol. The standard InChI is InChI=1S/C63H111NO3/c1-3-5-7-9-11-13-15-17-19-21-23-25-27-29-31-33-34-36-38-40-42-44-46-48-50-52-54-56-58-62(66)61(60-65)64-63(67)59-57-55-53-51-49-47-45-43-41-39-37-35-32-30-28-26-24-22-20-18-16-14-12-10-8-6-4-2/h6,8,12,14,18,20,24,26,30,32,37,39,48,50,56,58,61-62,65-66H,3-5,7,9-11,13,15-17,19,21-23,25,27-29,31,33-36,38,40-47,49,51-55,57,59-60H2,1-2H3,(H,64,67)/b8-6-,14-12-,20-18-,26-24-,32-30-,39-37-,50-48+,58-56+. The van der Waals surface area contributed by atoms with Crippen LogP contribution in [-0.4, -0.2) is 34.9 Å². The predicted octanol–water partition coefficient (Wildman–Crippen LogP) is 19.3. The van der Waals surface area contributed by atoms with Gasteiger partial charge in [0.2, 0.25) is 5.91 Å². The first kappa shape index (κ1) is 64.3. The third-order valence-corrected chi connectivity index (χ3v) is 12.8. The van der Waals surface area contributed by atoms with Gasteiger partial charge in [0.25, 0.3) is 0 Å². The SMILES string of the molecule is CC/C=C\C/C=C\C/C=C\C/C=C\C/C=C\C/C=C\CCCCCCCCCCC(=O)NC(CO)C(O)/C=C/CC/C=C/CCCCCCCCCCCCCCCCCCCCCCCC. The van der Waals surface area contributed by atoms with E-state index in [4.69, 9.17) is 0 Å². The molecule has 0 saturated heterocycles. The molecule has 0 aliphatic carbocycles. The lowest BCUT2D eigenvalue weighted by atomic mass is 10.0. The monoisotopic (exact) mass is 930 g/mol. The van der Waals surface area contributed by atoms with Gasteiger partial charge in [-0.1, -0.05) is 284 Å². The molecule has 0 rings (SSSR count). The largest absolute Gasteiger partial charge is 0.394 e. The second-order valence-corrected chi connectivity index (χ2v) is 19.3. The number of nitrogens with one attached hydrogen (secondary N) is 1. The molecule has 0 aliphatic rings. The maximum Gasteiger partial charge on any atom is 0.220 e. The van der Waals surface area contributed by atoms with Crippen molar-refractivity contribution < 1.29 is 15.0 Å². The number of carbonyl (C=O) groups is 1. The third kappa shape index (κ3) is 54.1. The van der Waals surface area contributed by atoms with Crippen LogP contribution in [0.1, 0.15) is 277 Å².